The molecule has 1 saturated heterocycles. The number of nitro groups is 1. The summed E-state index contributed by atoms with van der Waals surface area (Å²) in [5.41, 5.74) is -0.216. The van der Waals surface area contributed by atoms with Gasteiger partial charge in [0.1, 0.15) is 5.57 Å². The lowest BCUT2D eigenvalue weighted by Crippen LogP contribution is -2.52. The van der Waals surface area contributed by atoms with Gasteiger partial charge in [0.15, 0.2) is 4.34 Å². The molecule has 1 fully saturated rings. The summed E-state index contributed by atoms with van der Waals surface area (Å²) in [6.45, 7) is 0. The van der Waals surface area contributed by atoms with Crippen LogP contribution in [0.25, 0.3) is 6.08 Å². The van der Waals surface area contributed by atoms with Gasteiger partial charge in [-0.3, -0.25) is 34.9 Å². The van der Waals surface area contributed by atoms with Gasteiger partial charge < -0.3 is 0 Å². The SMILES string of the molecule is CN1C(=O)C(=Cc2ccc(Sc3nc(=N)ss3)c([N+](=O)[O-])c2)C(=O)N(C)C1=O. The molecular weight excluding hydrogens is 426 g/mol. The van der Waals surface area contributed by atoms with Crippen molar-refractivity contribution in [1.29, 1.82) is 5.41 Å². The van der Waals surface area contributed by atoms with Crippen molar-refractivity contribution in [1.82, 2.24) is 14.8 Å². The van der Waals surface area contributed by atoms with Gasteiger partial charge in [0, 0.05) is 20.2 Å². The first kappa shape index (κ1) is 19.9. The second kappa shape index (κ2) is 7.61. The van der Waals surface area contributed by atoms with E-state index in [1.807, 2.05) is 0 Å². The summed E-state index contributed by atoms with van der Waals surface area (Å²) < 4.78 is 0.503. The van der Waals surface area contributed by atoms with Gasteiger partial charge >= 0.3 is 6.03 Å². The normalized spacial score (nSPS) is 14.6. The minimum atomic E-state index is -0.776. The second-order valence-corrected chi connectivity index (χ2v) is 8.90. The third-order valence-corrected chi connectivity index (χ3v) is 7.13. The smallest absolute Gasteiger partial charge is 0.273 e. The summed E-state index contributed by atoms with van der Waals surface area (Å²) in [6, 6.07) is 3.51. The minimum Gasteiger partial charge on any atom is -0.273 e. The molecule has 0 unspecified atom stereocenters. The number of imide groups is 2. The molecule has 1 N–H and O–H groups in total. The first-order valence-electron chi connectivity index (χ1n) is 7.49. The van der Waals surface area contributed by atoms with Gasteiger partial charge in [0.2, 0.25) is 4.80 Å². The summed E-state index contributed by atoms with van der Waals surface area (Å²) in [5, 5.41) is 18.9. The lowest BCUT2D eigenvalue weighted by molar-refractivity contribution is -0.387. The van der Waals surface area contributed by atoms with Crippen LogP contribution in [0.15, 0.2) is 33.0 Å². The average molecular weight is 437 g/mol. The van der Waals surface area contributed by atoms with E-state index in [1.54, 1.807) is 0 Å². The summed E-state index contributed by atoms with van der Waals surface area (Å²) in [7, 11) is 4.89. The van der Waals surface area contributed by atoms with E-state index < -0.39 is 22.8 Å². The maximum absolute atomic E-state index is 12.3. The largest absolute Gasteiger partial charge is 0.333 e. The molecule has 13 heteroatoms. The number of amides is 4. The number of likely N-dealkylation sites (N-methyl/N-ethyl adjacent to an activating group) is 2. The van der Waals surface area contributed by atoms with Crippen LogP contribution in [0.5, 0.6) is 0 Å². The maximum atomic E-state index is 12.3. The Bertz CT molecular complexity index is 1080. The molecule has 144 valence electrons. The first-order chi connectivity index (χ1) is 13.2. The van der Waals surface area contributed by atoms with Crippen LogP contribution in [0.1, 0.15) is 5.56 Å². The average Bonchev–Trinajstić information content (AvgIpc) is 3.07. The molecule has 4 amide bonds. The number of rotatable bonds is 4. The van der Waals surface area contributed by atoms with Gasteiger partial charge in [0.25, 0.3) is 17.5 Å². The number of nitro benzene ring substituents is 1. The molecule has 0 radical (unpaired) electrons. The quantitative estimate of drug-likeness (QED) is 0.254. The van der Waals surface area contributed by atoms with Crippen LogP contribution in [-0.2, 0) is 9.59 Å². The van der Waals surface area contributed by atoms with Crippen molar-refractivity contribution in [3.05, 3.63) is 44.3 Å². The van der Waals surface area contributed by atoms with E-state index in [0.717, 1.165) is 31.9 Å². The monoisotopic (exact) mass is 437 g/mol. The summed E-state index contributed by atoms with van der Waals surface area (Å²) in [6.07, 6.45) is 1.22. The molecule has 1 aliphatic rings. The number of nitrogens with one attached hydrogen (secondary N) is 1. The highest BCUT2D eigenvalue weighted by molar-refractivity contribution is 8.02. The maximum Gasteiger partial charge on any atom is 0.333 e. The zero-order chi connectivity index (χ0) is 20.6. The van der Waals surface area contributed by atoms with Crippen molar-refractivity contribution in [2.75, 3.05) is 14.1 Å². The molecule has 0 spiro atoms. The number of benzene rings is 1. The molecule has 0 aliphatic carbocycles. The van der Waals surface area contributed by atoms with Crippen molar-refractivity contribution < 1.29 is 19.3 Å². The Morgan fingerprint density at radius 1 is 1.18 bits per heavy atom. The highest BCUT2D eigenvalue weighted by Gasteiger charge is 2.37. The summed E-state index contributed by atoms with van der Waals surface area (Å²) >= 11 is 1.06. The third-order valence-electron chi connectivity index (χ3n) is 3.72. The topological polar surface area (TPSA) is 138 Å². The van der Waals surface area contributed by atoms with Crippen LogP contribution >= 0.6 is 32.4 Å². The van der Waals surface area contributed by atoms with Crippen molar-refractivity contribution in [3.63, 3.8) is 0 Å². The molecule has 2 heterocycles. The number of nitrogens with zero attached hydrogens (tertiary/aromatic N) is 4. The Morgan fingerprint density at radius 2 is 1.82 bits per heavy atom. The van der Waals surface area contributed by atoms with Gasteiger partial charge in [-0.15, -0.1) is 0 Å². The molecule has 1 aromatic carbocycles. The van der Waals surface area contributed by atoms with E-state index in [-0.39, 0.29) is 21.6 Å². The van der Waals surface area contributed by atoms with Gasteiger partial charge in [-0.05, 0) is 38.4 Å². The van der Waals surface area contributed by atoms with Gasteiger partial charge in [-0.2, -0.15) is 0 Å². The van der Waals surface area contributed by atoms with Gasteiger partial charge in [0.05, 0.1) is 9.82 Å². The second-order valence-electron chi connectivity index (χ2n) is 5.50. The zero-order valence-electron chi connectivity index (χ0n) is 14.4. The number of aromatic nitrogens is 1. The van der Waals surface area contributed by atoms with Gasteiger partial charge in [-0.25, -0.2) is 9.78 Å². The highest BCUT2D eigenvalue weighted by Crippen LogP contribution is 2.37. The number of barbiturate groups is 1. The lowest BCUT2D eigenvalue weighted by atomic mass is 10.1. The zero-order valence-corrected chi connectivity index (χ0v) is 16.8. The number of hydrogen-bond donors (Lipinski definition) is 1. The Balaban J connectivity index is 2.00. The molecule has 2 aromatic rings. The number of urea groups is 1. The van der Waals surface area contributed by atoms with Crippen LogP contribution in [0, 0.1) is 15.5 Å². The van der Waals surface area contributed by atoms with Crippen LogP contribution in [0.2, 0.25) is 0 Å². The molecule has 1 aliphatic heterocycles. The van der Waals surface area contributed by atoms with Crippen molar-refractivity contribution in [2.24, 2.45) is 0 Å². The molecule has 0 atom stereocenters. The van der Waals surface area contributed by atoms with Crippen LogP contribution < -0.4 is 4.80 Å². The Kier molecular flexibility index (Phi) is 5.40. The van der Waals surface area contributed by atoms with E-state index in [0.29, 0.717) is 9.24 Å². The van der Waals surface area contributed by atoms with E-state index >= 15 is 0 Å². The van der Waals surface area contributed by atoms with Crippen LogP contribution in [-0.4, -0.2) is 51.6 Å². The standard InChI is InChI=1S/C15H11N5O5S3/c1-18-11(21)8(12(22)19(2)15(18)23)5-7-3-4-10(9(6-7)20(24)25)26-14-17-13(16)27-28-14/h3-6,16H,1-2H3. The van der Waals surface area contributed by atoms with Crippen molar-refractivity contribution >= 4 is 62.1 Å². The minimum absolute atomic E-state index is 0.119. The Morgan fingerprint density at radius 3 is 2.36 bits per heavy atom. The van der Waals surface area contributed by atoms with E-state index in [4.69, 9.17) is 5.41 Å². The molecule has 10 nitrogen and oxygen atoms in total. The molecule has 1 aromatic heterocycles. The van der Waals surface area contributed by atoms with Crippen LogP contribution in [0.4, 0.5) is 10.5 Å². The molecule has 0 bridgehead atoms. The van der Waals surface area contributed by atoms with E-state index in [1.165, 1.54) is 48.7 Å². The van der Waals surface area contributed by atoms with Crippen molar-refractivity contribution in [3.8, 4) is 0 Å². The molecule has 0 saturated carbocycles. The van der Waals surface area contributed by atoms with Crippen molar-refractivity contribution in [2.45, 2.75) is 9.24 Å². The third kappa shape index (κ3) is 3.72. The van der Waals surface area contributed by atoms with E-state index in [2.05, 4.69) is 4.98 Å². The Labute approximate surface area is 169 Å². The fraction of sp³-hybridized carbons (Fsp3) is 0.133. The number of carbonyl (C=O) groups excluding carboxylic acids is 3. The number of carbonyl (C=O) groups is 3. The number of hydrogen-bond acceptors (Lipinski definition) is 10. The van der Waals surface area contributed by atoms with Crippen LogP contribution in [0.3, 0.4) is 0 Å². The predicted molar refractivity (Wildman–Crippen MR) is 102 cm³/mol. The fourth-order valence-electron chi connectivity index (χ4n) is 2.32. The van der Waals surface area contributed by atoms with E-state index in [9.17, 15) is 24.5 Å². The lowest BCUT2D eigenvalue weighted by Gasteiger charge is -2.28. The fourth-order valence-corrected chi connectivity index (χ4v) is 5.24. The molecule has 28 heavy (non-hydrogen) atoms. The molecular formula is C15H11N5O5S3. The first-order valence-corrected chi connectivity index (χ1v) is 10.5. The Hall–Kier alpha value is -2.90. The van der Waals surface area contributed by atoms with Gasteiger partial charge in [-0.1, -0.05) is 17.8 Å². The predicted octanol–water partition coefficient (Wildman–Crippen LogP) is 2.18. The summed E-state index contributed by atoms with van der Waals surface area (Å²) in [5.74, 6) is -1.55. The highest BCUT2D eigenvalue weighted by atomic mass is 32.9. The summed E-state index contributed by atoms with van der Waals surface area (Å²) in [4.78, 5) is 53.2. The molecule has 3 rings (SSSR count).